The topological polar surface area (TPSA) is 3.24 Å². The molecule has 0 bridgehead atoms. The van der Waals surface area contributed by atoms with Crippen molar-refractivity contribution in [2.45, 2.75) is 38.0 Å². The first-order valence-corrected chi connectivity index (χ1v) is 8.77. The van der Waals surface area contributed by atoms with Gasteiger partial charge in [-0.1, -0.05) is 55.0 Å². The number of rotatable bonds is 2. The maximum atomic E-state index is 2.69. The van der Waals surface area contributed by atoms with E-state index in [9.17, 15) is 0 Å². The molecule has 114 valence electrons. The fourth-order valence-electron chi connectivity index (χ4n) is 4.22. The summed E-state index contributed by atoms with van der Waals surface area (Å²) < 4.78 is 0. The predicted molar refractivity (Wildman–Crippen MR) is 92.4 cm³/mol. The molecule has 0 N–H and O–H groups in total. The molecule has 1 atom stereocenters. The molecule has 4 rings (SSSR count). The molecule has 1 aliphatic heterocycles. The molecule has 0 saturated carbocycles. The third-order valence-corrected chi connectivity index (χ3v) is 5.39. The van der Waals surface area contributed by atoms with Gasteiger partial charge in [0.25, 0.3) is 0 Å². The summed E-state index contributed by atoms with van der Waals surface area (Å²) in [5, 5.41) is 0. The Labute approximate surface area is 134 Å². The van der Waals surface area contributed by atoms with Crippen LogP contribution in [-0.2, 0) is 12.8 Å². The van der Waals surface area contributed by atoms with Gasteiger partial charge in [0.2, 0.25) is 0 Å². The second-order valence-electron chi connectivity index (χ2n) is 6.91. The van der Waals surface area contributed by atoms with Crippen LogP contribution in [0.1, 0.15) is 47.4 Å². The van der Waals surface area contributed by atoms with E-state index in [1.54, 1.807) is 11.1 Å². The van der Waals surface area contributed by atoms with Gasteiger partial charge in [-0.05, 0) is 61.0 Å². The zero-order valence-electron chi connectivity index (χ0n) is 13.3. The van der Waals surface area contributed by atoms with Crippen LogP contribution in [-0.4, -0.2) is 24.5 Å². The van der Waals surface area contributed by atoms with Crippen molar-refractivity contribution in [2.24, 2.45) is 0 Å². The van der Waals surface area contributed by atoms with E-state index < -0.39 is 0 Å². The smallest absolute Gasteiger partial charge is 0.00536 e. The van der Waals surface area contributed by atoms with E-state index in [0.717, 1.165) is 6.42 Å². The van der Waals surface area contributed by atoms with E-state index in [0.29, 0.717) is 5.92 Å². The van der Waals surface area contributed by atoms with Crippen LogP contribution in [0.5, 0.6) is 0 Å². The Morgan fingerprint density at radius 1 is 0.773 bits per heavy atom. The lowest BCUT2D eigenvalue weighted by Crippen LogP contribution is -2.34. The highest BCUT2D eigenvalue weighted by molar-refractivity contribution is 5.42. The molecule has 0 radical (unpaired) electrons. The highest BCUT2D eigenvalue weighted by Crippen LogP contribution is 2.33. The highest BCUT2D eigenvalue weighted by atomic mass is 15.1. The minimum atomic E-state index is 0.651. The maximum Gasteiger partial charge on any atom is 0.00536 e. The molecule has 1 nitrogen and oxygen atoms in total. The van der Waals surface area contributed by atoms with Gasteiger partial charge in [0.15, 0.2) is 0 Å². The van der Waals surface area contributed by atoms with Gasteiger partial charge >= 0.3 is 0 Å². The molecular weight excluding hydrogens is 266 g/mol. The Hall–Kier alpha value is -1.60. The van der Waals surface area contributed by atoms with Crippen LogP contribution >= 0.6 is 0 Å². The molecule has 0 amide bonds. The van der Waals surface area contributed by atoms with Gasteiger partial charge in [0.1, 0.15) is 0 Å². The minimum absolute atomic E-state index is 0.651. The van der Waals surface area contributed by atoms with E-state index >= 15 is 0 Å². The molecule has 0 aromatic heterocycles. The summed E-state index contributed by atoms with van der Waals surface area (Å²) in [4.78, 5) is 2.69. The number of hydrogen-bond donors (Lipinski definition) is 0. The van der Waals surface area contributed by atoms with Crippen molar-refractivity contribution in [1.82, 2.24) is 4.90 Å². The maximum absolute atomic E-state index is 2.69. The minimum Gasteiger partial charge on any atom is -0.303 e. The van der Waals surface area contributed by atoms with Gasteiger partial charge in [-0.3, -0.25) is 0 Å². The Bertz CT molecular complexity index is 640. The van der Waals surface area contributed by atoms with Crippen molar-refractivity contribution < 1.29 is 0 Å². The summed E-state index contributed by atoms with van der Waals surface area (Å²) in [6.07, 6.45) is 6.48. The largest absolute Gasteiger partial charge is 0.303 e. The van der Waals surface area contributed by atoms with Crippen LogP contribution in [0.4, 0.5) is 0 Å². The van der Waals surface area contributed by atoms with Crippen LogP contribution < -0.4 is 0 Å². The molecule has 2 aromatic carbocycles. The SMILES string of the molecule is c1ccc2c(c1)Cc1ccccc1C(CN1CCCCC1)C2. The molecular formula is C21H25N. The van der Waals surface area contributed by atoms with Crippen LogP contribution in [0.3, 0.4) is 0 Å². The van der Waals surface area contributed by atoms with Gasteiger partial charge < -0.3 is 4.90 Å². The molecule has 1 saturated heterocycles. The number of piperidine rings is 1. The number of nitrogens with zero attached hydrogens (tertiary/aromatic N) is 1. The summed E-state index contributed by atoms with van der Waals surface area (Å²) in [7, 11) is 0. The Morgan fingerprint density at radius 2 is 1.45 bits per heavy atom. The molecule has 1 heteroatoms. The fraction of sp³-hybridized carbons (Fsp3) is 0.429. The van der Waals surface area contributed by atoms with E-state index in [1.807, 2.05) is 0 Å². The molecule has 1 heterocycles. The number of benzene rings is 2. The van der Waals surface area contributed by atoms with Crippen LogP contribution in [0.2, 0.25) is 0 Å². The Kier molecular flexibility index (Phi) is 3.99. The molecule has 2 aliphatic rings. The molecule has 0 spiro atoms. The fourth-order valence-corrected chi connectivity index (χ4v) is 4.22. The van der Waals surface area contributed by atoms with Crippen molar-refractivity contribution in [3.63, 3.8) is 0 Å². The monoisotopic (exact) mass is 291 g/mol. The molecule has 1 fully saturated rings. The highest BCUT2D eigenvalue weighted by Gasteiger charge is 2.24. The van der Waals surface area contributed by atoms with Gasteiger partial charge in [-0.15, -0.1) is 0 Å². The number of hydrogen-bond acceptors (Lipinski definition) is 1. The van der Waals surface area contributed by atoms with Crippen molar-refractivity contribution in [2.75, 3.05) is 19.6 Å². The van der Waals surface area contributed by atoms with Crippen LogP contribution in [0.15, 0.2) is 48.5 Å². The lowest BCUT2D eigenvalue weighted by atomic mass is 9.90. The van der Waals surface area contributed by atoms with E-state index in [1.165, 1.54) is 56.4 Å². The first-order chi connectivity index (χ1) is 10.9. The second-order valence-corrected chi connectivity index (χ2v) is 6.91. The van der Waals surface area contributed by atoms with Crippen molar-refractivity contribution >= 4 is 0 Å². The van der Waals surface area contributed by atoms with Crippen molar-refractivity contribution in [3.8, 4) is 0 Å². The standard InChI is InChI=1S/C21H25N/c1-6-12-22(13-7-1)16-20-15-18-9-3-2-8-17(18)14-19-10-4-5-11-21(19)20/h2-5,8-11,20H,1,6-7,12-16H2. The Balaban J connectivity index is 1.67. The van der Waals surface area contributed by atoms with E-state index in [2.05, 4.69) is 53.4 Å². The van der Waals surface area contributed by atoms with Gasteiger partial charge in [0.05, 0.1) is 0 Å². The number of likely N-dealkylation sites (tertiary alicyclic amines) is 1. The summed E-state index contributed by atoms with van der Waals surface area (Å²) >= 11 is 0. The van der Waals surface area contributed by atoms with Crippen molar-refractivity contribution in [3.05, 3.63) is 70.8 Å². The summed E-state index contributed by atoms with van der Waals surface area (Å²) in [6.45, 7) is 3.81. The third kappa shape index (κ3) is 2.83. The lowest BCUT2D eigenvalue weighted by molar-refractivity contribution is 0.215. The first kappa shape index (κ1) is 14.0. The first-order valence-electron chi connectivity index (χ1n) is 8.77. The molecule has 1 unspecified atom stereocenters. The lowest BCUT2D eigenvalue weighted by Gasteiger charge is -2.31. The van der Waals surface area contributed by atoms with Gasteiger partial charge in [0, 0.05) is 12.5 Å². The molecule has 2 aromatic rings. The zero-order chi connectivity index (χ0) is 14.8. The third-order valence-electron chi connectivity index (χ3n) is 5.39. The molecule has 1 aliphatic carbocycles. The predicted octanol–water partition coefficient (Wildman–Crippen LogP) is 4.40. The molecule has 22 heavy (non-hydrogen) atoms. The van der Waals surface area contributed by atoms with Gasteiger partial charge in [-0.2, -0.15) is 0 Å². The van der Waals surface area contributed by atoms with Crippen LogP contribution in [0.25, 0.3) is 0 Å². The second kappa shape index (κ2) is 6.26. The normalized spacial score (nSPS) is 21.7. The van der Waals surface area contributed by atoms with E-state index in [-0.39, 0.29) is 0 Å². The number of fused-ring (bicyclic) bond motifs is 2. The quantitative estimate of drug-likeness (QED) is 0.792. The summed E-state index contributed by atoms with van der Waals surface area (Å²) in [5.41, 5.74) is 6.20. The van der Waals surface area contributed by atoms with E-state index in [4.69, 9.17) is 0 Å². The zero-order valence-corrected chi connectivity index (χ0v) is 13.3. The van der Waals surface area contributed by atoms with Gasteiger partial charge in [-0.25, -0.2) is 0 Å². The summed E-state index contributed by atoms with van der Waals surface area (Å²) in [5.74, 6) is 0.651. The average molecular weight is 291 g/mol. The summed E-state index contributed by atoms with van der Waals surface area (Å²) in [6, 6.07) is 18.2. The van der Waals surface area contributed by atoms with Crippen LogP contribution in [0, 0.1) is 0 Å². The average Bonchev–Trinajstić information content (AvgIpc) is 2.72. The Morgan fingerprint density at radius 3 is 2.27 bits per heavy atom. The van der Waals surface area contributed by atoms with Crippen molar-refractivity contribution in [1.29, 1.82) is 0 Å².